The fraction of sp³-hybridized carbons (Fsp3) is 0.158. The van der Waals surface area contributed by atoms with Crippen LogP contribution in [0.1, 0.15) is 28.4 Å². The molecule has 0 aliphatic carbocycles. The molecule has 0 aromatic heterocycles. The van der Waals surface area contributed by atoms with Crippen molar-refractivity contribution in [3.63, 3.8) is 0 Å². The molecule has 0 amide bonds. The second kappa shape index (κ2) is 8.32. The van der Waals surface area contributed by atoms with E-state index in [4.69, 9.17) is 14.7 Å². The number of hydrogen-bond acceptors (Lipinski definition) is 4. The highest BCUT2D eigenvalue weighted by molar-refractivity contribution is 9.10. The monoisotopic (exact) mass is 385 g/mol. The van der Waals surface area contributed by atoms with E-state index in [9.17, 15) is 4.79 Å². The summed E-state index contributed by atoms with van der Waals surface area (Å²) in [6.45, 7) is 2.43. The summed E-state index contributed by atoms with van der Waals surface area (Å²) in [6, 6.07) is 12.2. The van der Waals surface area contributed by atoms with Crippen molar-refractivity contribution >= 4 is 27.8 Å². The Morgan fingerprint density at radius 1 is 1.29 bits per heavy atom. The van der Waals surface area contributed by atoms with Gasteiger partial charge in [0, 0.05) is 5.56 Å². The van der Waals surface area contributed by atoms with Crippen molar-refractivity contribution in [3.05, 3.63) is 63.6 Å². The average Bonchev–Trinajstić information content (AvgIpc) is 2.61. The third-order valence-corrected chi connectivity index (χ3v) is 3.86. The van der Waals surface area contributed by atoms with Crippen LogP contribution in [0.5, 0.6) is 11.5 Å². The summed E-state index contributed by atoms with van der Waals surface area (Å²) in [5.41, 5.74) is 1.86. The van der Waals surface area contributed by atoms with Gasteiger partial charge < -0.3 is 9.47 Å². The number of methoxy groups -OCH3 is 1. The topological polar surface area (TPSA) is 59.3 Å². The number of rotatable bonds is 6. The molecule has 4 nitrogen and oxygen atoms in total. The SMILES string of the molecule is CCOc1c(Br)cc(C=CC(=O)c2ccc(C#N)cc2)cc1OC. The number of nitriles is 1. The summed E-state index contributed by atoms with van der Waals surface area (Å²) >= 11 is 3.45. The Hall–Kier alpha value is -2.58. The zero-order valence-electron chi connectivity index (χ0n) is 13.4. The first-order valence-corrected chi connectivity index (χ1v) is 8.11. The van der Waals surface area contributed by atoms with Crippen molar-refractivity contribution in [2.75, 3.05) is 13.7 Å². The Kier molecular flexibility index (Phi) is 6.16. The van der Waals surface area contributed by atoms with Crippen LogP contribution in [-0.2, 0) is 0 Å². The Balaban J connectivity index is 2.23. The Morgan fingerprint density at radius 2 is 2.00 bits per heavy atom. The second-order valence-corrected chi connectivity index (χ2v) is 5.71. The van der Waals surface area contributed by atoms with Crippen LogP contribution in [0.2, 0.25) is 0 Å². The van der Waals surface area contributed by atoms with Crippen molar-refractivity contribution in [2.24, 2.45) is 0 Å². The highest BCUT2D eigenvalue weighted by atomic mass is 79.9. The molecule has 0 saturated carbocycles. The van der Waals surface area contributed by atoms with E-state index in [0.29, 0.717) is 29.2 Å². The Bertz CT molecular complexity index is 805. The summed E-state index contributed by atoms with van der Waals surface area (Å²) in [5, 5.41) is 8.78. The Labute approximate surface area is 149 Å². The first-order valence-electron chi connectivity index (χ1n) is 7.32. The van der Waals surface area contributed by atoms with Gasteiger partial charge in [0.25, 0.3) is 0 Å². The third kappa shape index (κ3) is 4.24. The summed E-state index contributed by atoms with van der Waals surface area (Å²) in [5.74, 6) is 1.09. The number of halogens is 1. The quantitative estimate of drug-likeness (QED) is 0.537. The van der Waals surface area contributed by atoms with Crippen LogP contribution in [0.15, 0.2) is 46.9 Å². The van der Waals surface area contributed by atoms with E-state index in [2.05, 4.69) is 15.9 Å². The minimum Gasteiger partial charge on any atom is -0.493 e. The van der Waals surface area contributed by atoms with E-state index in [1.807, 2.05) is 19.1 Å². The molecule has 0 saturated heterocycles. The largest absolute Gasteiger partial charge is 0.493 e. The van der Waals surface area contributed by atoms with Gasteiger partial charge in [0.05, 0.1) is 29.8 Å². The molecule has 0 radical (unpaired) electrons. The lowest BCUT2D eigenvalue weighted by atomic mass is 10.1. The first-order chi connectivity index (χ1) is 11.6. The predicted octanol–water partition coefficient (Wildman–Crippen LogP) is 4.62. The average molecular weight is 386 g/mol. The lowest BCUT2D eigenvalue weighted by Gasteiger charge is -2.12. The molecule has 5 heteroatoms. The summed E-state index contributed by atoms with van der Waals surface area (Å²) in [4.78, 5) is 12.2. The molecule has 2 aromatic carbocycles. The molecule has 24 heavy (non-hydrogen) atoms. The lowest BCUT2D eigenvalue weighted by Crippen LogP contribution is -1.97. The summed E-state index contributed by atoms with van der Waals surface area (Å²) in [7, 11) is 1.57. The van der Waals surface area contributed by atoms with Gasteiger partial charge in [0.1, 0.15) is 0 Å². The minimum atomic E-state index is -0.136. The number of ketones is 1. The molecule has 2 aromatic rings. The molecule has 0 aliphatic rings. The molecule has 0 fully saturated rings. The predicted molar refractivity (Wildman–Crippen MR) is 96.4 cm³/mol. The minimum absolute atomic E-state index is 0.136. The smallest absolute Gasteiger partial charge is 0.185 e. The lowest BCUT2D eigenvalue weighted by molar-refractivity contribution is 0.104. The van der Waals surface area contributed by atoms with Gasteiger partial charge in [-0.1, -0.05) is 6.08 Å². The molecule has 122 valence electrons. The maximum atomic E-state index is 12.2. The van der Waals surface area contributed by atoms with Crippen molar-refractivity contribution < 1.29 is 14.3 Å². The maximum Gasteiger partial charge on any atom is 0.185 e. The first kappa shape index (κ1) is 17.8. The standard InChI is InChI=1S/C19H16BrNO3/c1-3-24-19-16(20)10-14(11-18(19)23-2)6-9-17(22)15-7-4-13(12-21)5-8-15/h4-11H,3H2,1-2H3. The van der Waals surface area contributed by atoms with E-state index >= 15 is 0 Å². The normalized spacial score (nSPS) is 10.4. The van der Waals surface area contributed by atoms with Crippen molar-refractivity contribution in [1.82, 2.24) is 0 Å². The van der Waals surface area contributed by atoms with Gasteiger partial charge in [-0.25, -0.2) is 0 Å². The highest BCUT2D eigenvalue weighted by Crippen LogP contribution is 2.37. The van der Waals surface area contributed by atoms with Crippen molar-refractivity contribution in [3.8, 4) is 17.6 Å². The van der Waals surface area contributed by atoms with Crippen LogP contribution in [0.4, 0.5) is 0 Å². The van der Waals surface area contributed by atoms with Gasteiger partial charge in [-0.2, -0.15) is 5.26 Å². The van der Waals surface area contributed by atoms with E-state index < -0.39 is 0 Å². The van der Waals surface area contributed by atoms with Crippen LogP contribution in [-0.4, -0.2) is 19.5 Å². The molecule has 0 spiro atoms. The van der Waals surface area contributed by atoms with E-state index in [0.717, 1.165) is 10.0 Å². The number of nitrogens with zero attached hydrogens (tertiary/aromatic N) is 1. The number of carbonyl (C=O) groups is 1. The third-order valence-electron chi connectivity index (χ3n) is 3.27. The van der Waals surface area contributed by atoms with Gasteiger partial charge >= 0.3 is 0 Å². The van der Waals surface area contributed by atoms with E-state index in [-0.39, 0.29) is 5.78 Å². The molecule has 0 N–H and O–H groups in total. The van der Waals surface area contributed by atoms with E-state index in [1.165, 1.54) is 6.08 Å². The zero-order chi connectivity index (χ0) is 17.5. The molecule has 2 rings (SSSR count). The molecule has 0 bridgehead atoms. The number of allylic oxidation sites excluding steroid dienone is 1. The molecular weight excluding hydrogens is 370 g/mol. The number of benzene rings is 2. The second-order valence-electron chi connectivity index (χ2n) is 4.85. The molecule has 0 heterocycles. The van der Waals surface area contributed by atoms with Crippen molar-refractivity contribution in [1.29, 1.82) is 5.26 Å². The zero-order valence-corrected chi connectivity index (χ0v) is 15.0. The van der Waals surface area contributed by atoms with Crippen LogP contribution < -0.4 is 9.47 Å². The summed E-state index contributed by atoms with van der Waals surface area (Å²) < 4.78 is 11.6. The molecule has 0 unspecified atom stereocenters. The molecule has 0 atom stereocenters. The van der Waals surface area contributed by atoms with Crippen LogP contribution in [0.3, 0.4) is 0 Å². The van der Waals surface area contributed by atoms with Gasteiger partial charge in [-0.3, -0.25) is 4.79 Å². The Morgan fingerprint density at radius 3 is 2.58 bits per heavy atom. The van der Waals surface area contributed by atoms with Gasteiger partial charge in [-0.05, 0) is 70.9 Å². The molecule has 0 aliphatic heterocycles. The highest BCUT2D eigenvalue weighted by Gasteiger charge is 2.10. The van der Waals surface area contributed by atoms with E-state index in [1.54, 1.807) is 43.5 Å². The van der Waals surface area contributed by atoms with Crippen LogP contribution in [0, 0.1) is 11.3 Å². The number of hydrogen-bond donors (Lipinski definition) is 0. The summed E-state index contributed by atoms with van der Waals surface area (Å²) in [6.07, 6.45) is 3.20. The van der Waals surface area contributed by atoms with Gasteiger partial charge in [0.15, 0.2) is 17.3 Å². The van der Waals surface area contributed by atoms with Crippen LogP contribution in [0.25, 0.3) is 6.08 Å². The fourth-order valence-corrected chi connectivity index (χ4v) is 2.67. The van der Waals surface area contributed by atoms with Crippen molar-refractivity contribution in [2.45, 2.75) is 6.92 Å². The maximum absolute atomic E-state index is 12.2. The number of ether oxygens (including phenoxy) is 2. The number of carbonyl (C=O) groups excluding carboxylic acids is 1. The van der Waals surface area contributed by atoms with Gasteiger partial charge in [0.2, 0.25) is 0 Å². The van der Waals surface area contributed by atoms with Crippen LogP contribution >= 0.6 is 15.9 Å². The van der Waals surface area contributed by atoms with Gasteiger partial charge in [-0.15, -0.1) is 0 Å². The fourth-order valence-electron chi connectivity index (χ4n) is 2.10. The molecular formula is C19H16BrNO3.